The van der Waals surface area contributed by atoms with Gasteiger partial charge in [0, 0.05) is 31.7 Å². The van der Waals surface area contributed by atoms with E-state index >= 15 is 0 Å². The Bertz CT molecular complexity index is 562. The predicted molar refractivity (Wildman–Crippen MR) is 74.2 cm³/mol. The van der Waals surface area contributed by atoms with E-state index in [1.165, 1.54) is 0 Å². The summed E-state index contributed by atoms with van der Waals surface area (Å²) in [7, 11) is 0. The van der Waals surface area contributed by atoms with Crippen molar-refractivity contribution in [3.05, 3.63) is 48.4 Å². The highest BCUT2D eigenvalue weighted by atomic mass is 15.2. The molecule has 0 aromatic carbocycles. The van der Waals surface area contributed by atoms with Crippen LogP contribution in [0.3, 0.4) is 0 Å². The Morgan fingerprint density at radius 3 is 2.79 bits per heavy atom. The molecule has 0 saturated heterocycles. The maximum atomic E-state index is 8.76. The van der Waals surface area contributed by atoms with Crippen LogP contribution in [-0.4, -0.2) is 16.5 Å². The number of hydrogen-bond donors (Lipinski definition) is 1. The Morgan fingerprint density at radius 1 is 1.26 bits per heavy atom. The molecule has 0 atom stereocenters. The molecule has 0 aliphatic rings. The predicted octanol–water partition coefficient (Wildman–Crippen LogP) is 1.98. The van der Waals surface area contributed by atoms with E-state index in [2.05, 4.69) is 16.0 Å². The van der Waals surface area contributed by atoms with Crippen LogP contribution in [0.15, 0.2) is 42.9 Å². The topological polar surface area (TPSA) is 78.8 Å². The van der Waals surface area contributed by atoms with E-state index in [0.717, 1.165) is 5.56 Å². The summed E-state index contributed by atoms with van der Waals surface area (Å²) in [5.41, 5.74) is 7.62. The van der Waals surface area contributed by atoms with E-state index in [9.17, 15) is 0 Å². The molecule has 5 heteroatoms. The maximum Gasteiger partial charge on any atom is 0.152 e. The van der Waals surface area contributed by atoms with E-state index in [1.807, 2.05) is 23.1 Å². The molecule has 2 aromatic rings. The monoisotopic (exact) mass is 253 g/mol. The fraction of sp³-hybridized carbons (Fsp3) is 0.214. The molecule has 5 nitrogen and oxygen atoms in total. The number of rotatable bonds is 5. The fourth-order valence-electron chi connectivity index (χ4n) is 1.83. The number of nitrogen functional groups attached to an aromatic ring is 1. The molecule has 2 aromatic heterocycles. The number of pyridine rings is 2. The summed E-state index contributed by atoms with van der Waals surface area (Å²) in [4.78, 5) is 10.4. The number of anilines is 2. The van der Waals surface area contributed by atoms with Gasteiger partial charge in [-0.25, -0.2) is 4.98 Å². The van der Waals surface area contributed by atoms with Gasteiger partial charge in [-0.05, 0) is 23.8 Å². The standard InChI is InChI=1S/C14H15N5/c15-6-3-9-19(11-12-4-1-7-17-10-12)14-13(16)5-2-8-18-14/h1-2,4-5,7-8,10H,3,9,11,16H2. The smallest absolute Gasteiger partial charge is 0.152 e. The van der Waals surface area contributed by atoms with Gasteiger partial charge in [-0.15, -0.1) is 0 Å². The lowest BCUT2D eigenvalue weighted by atomic mass is 10.2. The van der Waals surface area contributed by atoms with E-state index in [1.54, 1.807) is 24.7 Å². The molecule has 2 rings (SSSR count). The van der Waals surface area contributed by atoms with Gasteiger partial charge in [0.1, 0.15) is 0 Å². The van der Waals surface area contributed by atoms with Crippen molar-refractivity contribution in [2.24, 2.45) is 0 Å². The minimum absolute atomic E-state index is 0.427. The molecule has 0 fully saturated rings. The van der Waals surface area contributed by atoms with Crippen molar-refractivity contribution >= 4 is 11.5 Å². The first-order valence-corrected chi connectivity index (χ1v) is 6.02. The molecule has 0 bridgehead atoms. The highest BCUT2D eigenvalue weighted by Gasteiger charge is 2.11. The van der Waals surface area contributed by atoms with Crippen molar-refractivity contribution in [1.29, 1.82) is 5.26 Å². The number of hydrogen-bond acceptors (Lipinski definition) is 5. The van der Waals surface area contributed by atoms with Gasteiger partial charge in [-0.2, -0.15) is 5.26 Å². The third-order valence-corrected chi connectivity index (χ3v) is 2.71. The Kier molecular flexibility index (Phi) is 4.29. The first-order chi connectivity index (χ1) is 9.31. The Labute approximate surface area is 112 Å². The average Bonchev–Trinajstić information content (AvgIpc) is 2.45. The van der Waals surface area contributed by atoms with Crippen molar-refractivity contribution in [2.45, 2.75) is 13.0 Å². The fourth-order valence-corrected chi connectivity index (χ4v) is 1.83. The maximum absolute atomic E-state index is 8.76. The molecule has 0 unspecified atom stereocenters. The lowest BCUT2D eigenvalue weighted by Crippen LogP contribution is -2.25. The molecular weight excluding hydrogens is 238 g/mol. The summed E-state index contributed by atoms with van der Waals surface area (Å²) >= 11 is 0. The van der Waals surface area contributed by atoms with Crippen LogP contribution in [0.4, 0.5) is 11.5 Å². The molecule has 2 heterocycles. The van der Waals surface area contributed by atoms with Gasteiger partial charge in [-0.1, -0.05) is 6.07 Å². The lowest BCUT2D eigenvalue weighted by Gasteiger charge is -2.23. The molecule has 0 aliphatic carbocycles. The summed E-state index contributed by atoms with van der Waals surface area (Å²) in [6.07, 6.45) is 5.67. The molecular formula is C14H15N5. The molecule has 0 aliphatic heterocycles. The Hall–Kier alpha value is -2.61. The zero-order valence-corrected chi connectivity index (χ0v) is 10.5. The van der Waals surface area contributed by atoms with Gasteiger partial charge in [0.2, 0.25) is 0 Å². The van der Waals surface area contributed by atoms with Crippen molar-refractivity contribution in [2.75, 3.05) is 17.2 Å². The molecule has 0 spiro atoms. The van der Waals surface area contributed by atoms with Crippen molar-refractivity contribution in [3.63, 3.8) is 0 Å². The second kappa shape index (κ2) is 6.36. The van der Waals surface area contributed by atoms with Crippen LogP contribution in [0.1, 0.15) is 12.0 Å². The van der Waals surface area contributed by atoms with Crippen LogP contribution in [0, 0.1) is 11.3 Å². The van der Waals surface area contributed by atoms with Crippen LogP contribution < -0.4 is 10.6 Å². The number of nitriles is 1. The van der Waals surface area contributed by atoms with Gasteiger partial charge in [-0.3, -0.25) is 4.98 Å². The van der Waals surface area contributed by atoms with Crippen LogP contribution in [0.25, 0.3) is 0 Å². The molecule has 2 N–H and O–H groups in total. The zero-order valence-electron chi connectivity index (χ0n) is 10.5. The summed E-state index contributed by atoms with van der Waals surface area (Å²) < 4.78 is 0. The molecule has 0 saturated carbocycles. The Morgan fingerprint density at radius 2 is 2.11 bits per heavy atom. The summed E-state index contributed by atoms with van der Waals surface area (Å²) in [5.74, 6) is 0.710. The van der Waals surface area contributed by atoms with E-state index in [0.29, 0.717) is 31.0 Å². The van der Waals surface area contributed by atoms with E-state index < -0.39 is 0 Å². The summed E-state index contributed by atoms with van der Waals surface area (Å²) in [5, 5.41) is 8.76. The van der Waals surface area contributed by atoms with Crippen LogP contribution in [0.2, 0.25) is 0 Å². The normalized spacial score (nSPS) is 9.84. The van der Waals surface area contributed by atoms with Crippen molar-refractivity contribution < 1.29 is 0 Å². The van der Waals surface area contributed by atoms with Gasteiger partial charge in [0.05, 0.1) is 18.2 Å². The molecule has 0 amide bonds. The van der Waals surface area contributed by atoms with Crippen molar-refractivity contribution in [3.8, 4) is 6.07 Å². The second-order valence-electron chi connectivity index (χ2n) is 4.11. The minimum Gasteiger partial charge on any atom is -0.396 e. The minimum atomic E-state index is 0.427. The lowest BCUT2D eigenvalue weighted by molar-refractivity contribution is 0.782. The average molecular weight is 253 g/mol. The largest absolute Gasteiger partial charge is 0.396 e. The highest BCUT2D eigenvalue weighted by Crippen LogP contribution is 2.21. The SMILES string of the molecule is N#CCCN(Cc1cccnc1)c1ncccc1N. The number of nitrogens with zero attached hydrogens (tertiary/aromatic N) is 4. The molecule has 19 heavy (non-hydrogen) atoms. The summed E-state index contributed by atoms with van der Waals surface area (Å²) in [6.45, 7) is 1.23. The van der Waals surface area contributed by atoms with Crippen LogP contribution in [0.5, 0.6) is 0 Å². The van der Waals surface area contributed by atoms with Crippen molar-refractivity contribution in [1.82, 2.24) is 9.97 Å². The Balaban J connectivity index is 2.22. The van der Waals surface area contributed by atoms with Gasteiger partial charge >= 0.3 is 0 Å². The number of nitrogens with two attached hydrogens (primary N) is 1. The first kappa shape index (κ1) is 12.8. The van der Waals surface area contributed by atoms with Crippen LogP contribution in [-0.2, 0) is 6.54 Å². The van der Waals surface area contributed by atoms with Gasteiger partial charge < -0.3 is 10.6 Å². The first-order valence-electron chi connectivity index (χ1n) is 6.02. The molecule has 0 radical (unpaired) electrons. The van der Waals surface area contributed by atoms with Crippen LogP contribution >= 0.6 is 0 Å². The van der Waals surface area contributed by atoms with Gasteiger partial charge in [0.15, 0.2) is 5.82 Å². The zero-order chi connectivity index (χ0) is 13.5. The van der Waals surface area contributed by atoms with Gasteiger partial charge in [0.25, 0.3) is 0 Å². The third kappa shape index (κ3) is 3.42. The second-order valence-corrected chi connectivity index (χ2v) is 4.11. The highest BCUT2D eigenvalue weighted by molar-refractivity contribution is 5.62. The van der Waals surface area contributed by atoms with E-state index in [4.69, 9.17) is 11.0 Å². The number of aromatic nitrogens is 2. The van der Waals surface area contributed by atoms with E-state index in [-0.39, 0.29) is 0 Å². The third-order valence-electron chi connectivity index (χ3n) is 2.71. The molecule has 96 valence electrons. The quantitative estimate of drug-likeness (QED) is 0.881. The summed E-state index contributed by atoms with van der Waals surface area (Å²) in [6, 6.07) is 9.63.